The van der Waals surface area contributed by atoms with Gasteiger partial charge in [0, 0.05) is 76.2 Å². The summed E-state index contributed by atoms with van der Waals surface area (Å²) in [6.45, 7) is 6.25. The quantitative estimate of drug-likeness (QED) is 0.143. The van der Waals surface area contributed by atoms with E-state index in [1.807, 2.05) is 32.0 Å². The van der Waals surface area contributed by atoms with Crippen LogP contribution in [0.15, 0.2) is 64.8 Å². The predicted octanol–water partition coefficient (Wildman–Crippen LogP) is 3.18. The number of halogens is 1. The number of piperidine rings is 1. The van der Waals surface area contributed by atoms with Gasteiger partial charge in [-0.15, -0.1) is 5.10 Å². The molecule has 3 aliphatic heterocycles. The summed E-state index contributed by atoms with van der Waals surface area (Å²) >= 11 is 0. The lowest BCUT2D eigenvalue weighted by atomic mass is 10.1. The van der Waals surface area contributed by atoms with E-state index in [1.165, 1.54) is 38.9 Å². The molecule has 0 radical (unpaired) electrons. The van der Waals surface area contributed by atoms with Gasteiger partial charge in [-0.2, -0.15) is 14.6 Å². The van der Waals surface area contributed by atoms with Gasteiger partial charge in [0.1, 0.15) is 23.9 Å². The van der Waals surface area contributed by atoms with Crippen molar-refractivity contribution in [1.82, 2.24) is 53.4 Å². The first-order valence-electron chi connectivity index (χ1n) is 20.3. The van der Waals surface area contributed by atoms with Crippen LogP contribution in [-0.4, -0.2) is 120 Å². The molecule has 2 bridgehead atoms. The van der Waals surface area contributed by atoms with Crippen LogP contribution in [-0.2, 0) is 26.7 Å². The van der Waals surface area contributed by atoms with Crippen molar-refractivity contribution in [2.75, 3.05) is 43.4 Å². The highest BCUT2D eigenvalue weighted by atomic mass is 32.2. The molecule has 0 spiro atoms. The van der Waals surface area contributed by atoms with E-state index in [-0.39, 0.29) is 65.7 Å². The number of fused-ring (bicyclic) bond motifs is 4. The average molecular weight is 856 g/mol. The summed E-state index contributed by atoms with van der Waals surface area (Å²) < 4.78 is 54.5. The molecule has 61 heavy (non-hydrogen) atoms. The summed E-state index contributed by atoms with van der Waals surface area (Å²) in [5, 5.41) is 16.3. The van der Waals surface area contributed by atoms with Gasteiger partial charge in [-0.25, -0.2) is 26.9 Å². The summed E-state index contributed by atoms with van der Waals surface area (Å²) in [5.41, 5.74) is 3.59. The first kappa shape index (κ1) is 40.2. The Balaban J connectivity index is 0.824. The van der Waals surface area contributed by atoms with Crippen LogP contribution in [0.25, 0.3) is 27.9 Å². The molecule has 3 N–H and O–H groups in total. The zero-order valence-corrected chi connectivity index (χ0v) is 34.9. The second-order valence-electron chi connectivity index (χ2n) is 16.1. The highest BCUT2D eigenvalue weighted by molar-refractivity contribution is 7.89. The molecule has 6 aromatic rings. The molecular weight excluding hydrogens is 810 g/mol. The second kappa shape index (κ2) is 15.7. The lowest BCUT2D eigenvalue weighted by Gasteiger charge is -2.42. The third-order valence-corrected chi connectivity index (χ3v) is 13.7. The van der Waals surface area contributed by atoms with Crippen LogP contribution in [0.3, 0.4) is 0 Å². The molecule has 3 saturated heterocycles. The minimum Gasteiger partial charge on any atom is -0.485 e. The van der Waals surface area contributed by atoms with Crippen LogP contribution >= 0.6 is 0 Å². The predicted molar refractivity (Wildman–Crippen MR) is 223 cm³/mol. The molecule has 320 valence electrons. The Hall–Kier alpha value is -6.19. The number of anilines is 3. The van der Waals surface area contributed by atoms with Crippen molar-refractivity contribution in [3.8, 4) is 17.0 Å². The molecule has 21 heteroatoms. The fraction of sp³-hybridized carbons (Fsp3) is 0.425. The number of ether oxygens (including phenoxy) is 1. The topological polar surface area (TPSA) is 210 Å². The first-order valence-corrected chi connectivity index (χ1v) is 21.7. The number of nitrogens with zero attached hydrogens (tertiary/aromatic N) is 10. The number of imide groups is 1. The molecule has 3 atom stereocenters. The Labute approximate surface area is 349 Å². The maximum atomic E-state index is 15.5. The number of carbonyl (C=O) groups is 2. The number of carbonyl (C=O) groups excluding carboxylic acids is 2. The number of sulfonamides is 1. The van der Waals surface area contributed by atoms with Crippen LogP contribution in [0, 0.1) is 5.82 Å². The van der Waals surface area contributed by atoms with Gasteiger partial charge < -0.3 is 15.0 Å². The van der Waals surface area contributed by atoms with E-state index in [4.69, 9.17) is 4.74 Å². The van der Waals surface area contributed by atoms with Crippen molar-refractivity contribution in [2.45, 2.75) is 75.1 Å². The Bertz CT molecular complexity index is 2820. The Morgan fingerprint density at radius 3 is 2.54 bits per heavy atom. The van der Waals surface area contributed by atoms with Crippen LogP contribution in [0.2, 0.25) is 0 Å². The molecule has 19 nitrogen and oxygen atoms in total. The number of aromatic nitrogens is 8. The lowest BCUT2D eigenvalue weighted by Crippen LogP contribution is -2.54. The third kappa shape index (κ3) is 7.39. The van der Waals surface area contributed by atoms with E-state index in [9.17, 15) is 22.8 Å². The molecule has 3 fully saturated rings. The van der Waals surface area contributed by atoms with Crippen molar-refractivity contribution in [3.63, 3.8) is 0 Å². The van der Waals surface area contributed by atoms with Gasteiger partial charge in [0.15, 0.2) is 5.75 Å². The zero-order valence-electron chi connectivity index (χ0n) is 34.1. The Morgan fingerprint density at radius 2 is 1.84 bits per heavy atom. The first-order chi connectivity index (χ1) is 29.3. The molecule has 7 heterocycles. The van der Waals surface area contributed by atoms with Crippen molar-refractivity contribution < 1.29 is 27.1 Å². The minimum atomic E-state index is -4.00. The van der Waals surface area contributed by atoms with Crippen LogP contribution in [0.4, 0.5) is 21.7 Å². The molecule has 0 aliphatic carbocycles. The monoisotopic (exact) mass is 855 g/mol. The maximum Gasteiger partial charge on any atom is 0.329 e. The van der Waals surface area contributed by atoms with Crippen molar-refractivity contribution in [2.24, 2.45) is 7.05 Å². The SMILES string of the molecule is CC(C)Oc1c(-c2cn[nH]c2)ncn2nc(Nc3ccc(S(=O)(=O)N(C)CCCN4C5CCC4CN(c4ccc6c(c4)n(C)c(=O)n6C4CCC(=O)NC4=O)C5)cc3F)nc12. The molecule has 0 saturated carbocycles. The summed E-state index contributed by atoms with van der Waals surface area (Å²) in [5.74, 6) is -1.14. The Kier molecular flexibility index (Phi) is 10.3. The van der Waals surface area contributed by atoms with E-state index in [0.29, 0.717) is 46.7 Å². The fourth-order valence-electron chi connectivity index (χ4n) is 8.82. The van der Waals surface area contributed by atoms with Gasteiger partial charge in [0.2, 0.25) is 33.4 Å². The largest absolute Gasteiger partial charge is 0.485 e. The smallest absolute Gasteiger partial charge is 0.329 e. The molecule has 3 unspecified atom stereocenters. The van der Waals surface area contributed by atoms with Gasteiger partial charge in [-0.1, -0.05) is 0 Å². The number of hydrogen-bond donors (Lipinski definition) is 3. The molecule has 2 amide bonds. The van der Waals surface area contributed by atoms with Crippen LogP contribution in [0.5, 0.6) is 5.75 Å². The van der Waals surface area contributed by atoms with Crippen molar-refractivity contribution in [3.05, 3.63) is 71.4 Å². The van der Waals surface area contributed by atoms with Gasteiger partial charge in [0.05, 0.1) is 33.9 Å². The molecule has 2 aromatic carbocycles. The number of hydrogen-bond acceptors (Lipinski definition) is 13. The molecular formula is C40H46FN13O6S. The number of rotatable bonds is 13. The number of piperazine rings is 1. The number of imidazole rings is 1. The summed E-state index contributed by atoms with van der Waals surface area (Å²) in [6.07, 6.45) is 7.64. The molecule has 4 aromatic heterocycles. The van der Waals surface area contributed by atoms with E-state index in [1.54, 1.807) is 24.0 Å². The Morgan fingerprint density at radius 1 is 1.05 bits per heavy atom. The minimum absolute atomic E-state index is 0.00364. The van der Waals surface area contributed by atoms with E-state index in [0.717, 1.165) is 37.7 Å². The number of nitrogens with one attached hydrogen (secondary N) is 3. The van der Waals surface area contributed by atoms with Crippen LogP contribution in [0.1, 0.15) is 52.0 Å². The summed E-state index contributed by atoms with van der Waals surface area (Å²) in [6, 6.07) is 9.36. The highest BCUT2D eigenvalue weighted by Crippen LogP contribution is 2.36. The number of benzene rings is 2. The molecule has 3 aliphatic rings. The van der Waals surface area contributed by atoms with Crippen molar-refractivity contribution in [1.29, 1.82) is 0 Å². The lowest BCUT2D eigenvalue weighted by molar-refractivity contribution is -0.135. The summed E-state index contributed by atoms with van der Waals surface area (Å²) in [4.78, 5) is 51.3. The normalized spacial score (nSPS) is 19.8. The zero-order chi connectivity index (χ0) is 42.7. The van der Waals surface area contributed by atoms with Gasteiger partial charge in [-0.05, 0) is 75.9 Å². The summed E-state index contributed by atoms with van der Waals surface area (Å²) in [7, 11) is -0.805. The third-order valence-electron chi connectivity index (χ3n) is 11.8. The number of amides is 2. The van der Waals surface area contributed by atoms with Gasteiger partial charge in [-0.3, -0.25) is 34.0 Å². The van der Waals surface area contributed by atoms with Gasteiger partial charge >= 0.3 is 5.69 Å². The average Bonchev–Trinajstić information content (AvgIpc) is 4.01. The highest BCUT2D eigenvalue weighted by Gasteiger charge is 2.40. The maximum absolute atomic E-state index is 15.5. The number of H-pyrrole nitrogens is 1. The fourth-order valence-corrected chi connectivity index (χ4v) is 10.0. The van der Waals surface area contributed by atoms with Crippen LogP contribution < -0.4 is 26.0 Å². The van der Waals surface area contributed by atoms with E-state index >= 15 is 4.39 Å². The van der Waals surface area contributed by atoms with E-state index in [2.05, 4.69) is 45.7 Å². The van der Waals surface area contributed by atoms with Gasteiger partial charge in [0.25, 0.3) is 0 Å². The number of aromatic amines is 1. The van der Waals surface area contributed by atoms with E-state index < -0.39 is 27.8 Å². The standard InChI is InChI=1S/C40H46FN13O6S/c1-23(2)60-36-35(24-18-43-44-19-24)42-22-53-37(36)47-39(48-53)45-30-10-9-28(17-29(30)41)61(58,59)49(3)14-5-15-52-26-6-7-27(52)21-51(20-26)25-8-11-31-33(16-25)50(4)40(57)54(31)32-12-13-34(55)46-38(32)56/h8-11,16-19,22-23,26-27,32H,5-7,12-15,20-21H2,1-4H3,(H,43,44)(H,45,48)(H,46,55,56). The van der Waals surface area contributed by atoms with Crippen molar-refractivity contribution >= 4 is 55.8 Å². The molecule has 9 rings (SSSR count). The number of aryl methyl sites for hydroxylation is 1. The second-order valence-corrected chi connectivity index (χ2v) is 18.2.